The molecule has 0 spiro atoms. The number of benzene rings is 1. The van der Waals surface area contributed by atoms with Crippen LogP contribution in [0.4, 0.5) is 5.69 Å². The van der Waals surface area contributed by atoms with E-state index in [4.69, 9.17) is 4.74 Å². The minimum atomic E-state index is -0.920. The zero-order valence-corrected chi connectivity index (χ0v) is 12.1. The molecule has 1 heterocycles. The van der Waals surface area contributed by atoms with Crippen LogP contribution < -0.4 is 10.1 Å². The van der Waals surface area contributed by atoms with Crippen LogP contribution in [0.25, 0.3) is 0 Å². The van der Waals surface area contributed by atoms with E-state index in [-0.39, 0.29) is 5.56 Å². The lowest BCUT2D eigenvalue weighted by molar-refractivity contribution is 0.0698. The normalized spacial score (nSPS) is 19.6. The quantitative estimate of drug-likeness (QED) is 0.864. The van der Waals surface area contributed by atoms with Crippen LogP contribution in [0.2, 0.25) is 0 Å². The Kier molecular flexibility index (Phi) is 4.84. The van der Waals surface area contributed by atoms with Gasteiger partial charge in [0.25, 0.3) is 0 Å². The van der Waals surface area contributed by atoms with E-state index in [1.807, 2.05) is 0 Å². The minimum absolute atomic E-state index is 0.287. The summed E-state index contributed by atoms with van der Waals surface area (Å²) in [5.74, 6) is 0.302. The monoisotopic (exact) mass is 278 g/mol. The van der Waals surface area contributed by atoms with Crippen LogP contribution >= 0.6 is 0 Å². The van der Waals surface area contributed by atoms with Crippen molar-refractivity contribution in [2.45, 2.75) is 12.8 Å². The van der Waals surface area contributed by atoms with Crippen LogP contribution in [0, 0.1) is 5.92 Å². The van der Waals surface area contributed by atoms with E-state index in [0.29, 0.717) is 17.4 Å². The lowest BCUT2D eigenvalue weighted by Gasteiger charge is -2.30. The van der Waals surface area contributed by atoms with Crippen LogP contribution in [-0.4, -0.2) is 49.8 Å². The number of anilines is 1. The maximum Gasteiger partial charge on any atom is 0.337 e. The van der Waals surface area contributed by atoms with Gasteiger partial charge in [0.2, 0.25) is 0 Å². The standard InChI is InChI=1S/C15H22N2O3/c1-17-7-3-4-11(10-17)9-16-14-8-12(20-2)5-6-13(14)15(18)19/h5-6,8,11,16H,3-4,7,9-10H2,1-2H3,(H,18,19). The first kappa shape index (κ1) is 14.7. The van der Waals surface area contributed by atoms with Crippen molar-refractivity contribution in [2.24, 2.45) is 5.92 Å². The summed E-state index contributed by atoms with van der Waals surface area (Å²) in [6.45, 7) is 2.99. The molecule has 1 unspecified atom stereocenters. The second-order valence-corrected chi connectivity index (χ2v) is 5.37. The zero-order chi connectivity index (χ0) is 14.5. The molecule has 0 radical (unpaired) electrons. The van der Waals surface area contributed by atoms with Crippen molar-refractivity contribution in [3.05, 3.63) is 23.8 Å². The third-order valence-electron chi connectivity index (χ3n) is 3.76. The van der Waals surface area contributed by atoms with Crippen LogP contribution in [0.15, 0.2) is 18.2 Å². The third-order valence-corrected chi connectivity index (χ3v) is 3.76. The number of hydrogen-bond donors (Lipinski definition) is 2. The highest BCUT2D eigenvalue weighted by Crippen LogP contribution is 2.24. The highest BCUT2D eigenvalue weighted by molar-refractivity contribution is 5.94. The summed E-state index contributed by atoms with van der Waals surface area (Å²) in [5, 5.41) is 12.5. The van der Waals surface area contributed by atoms with Gasteiger partial charge in [-0.1, -0.05) is 0 Å². The van der Waals surface area contributed by atoms with Gasteiger partial charge in [-0.05, 0) is 44.5 Å². The van der Waals surface area contributed by atoms with Crippen molar-refractivity contribution in [1.82, 2.24) is 4.90 Å². The summed E-state index contributed by atoms with van der Waals surface area (Å²) in [6, 6.07) is 5.00. The van der Waals surface area contributed by atoms with Gasteiger partial charge in [0.1, 0.15) is 5.75 Å². The first-order valence-electron chi connectivity index (χ1n) is 6.94. The van der Waals surface area contributed by atoms with E-state index in [1.165, 1.54) is 12.8 Å². The number of carbonyl (C=O) groups is 1. The van der Waals surface area contributed by atoms with Gasteiger partial charge in [0.15, 0.2) is 0 Å². The van der Waals surface area contributed by atoms with E-state index < -0.39 is 5.97 Å². The lowest BCUT2D eigenvalue weighted by atomic mass is 9.98. The number of hydrogen-bond acceptors (Lipinski definition) is 4. The number of piperidine rings is 1. The summed E-state index contributed by atoms with van der Waals surface area (Å²) >= 11 is 0. The fourth-order valence-electron chi connectivity index (χ4n) is 2.68. The Hall–Kier alpha value is -1.75. The average molecular weight is 278 g/mol. The summed E-state index contributed by atoms with van der Waals surface area (Å²) < 4.78 is 5.16. The zero-order valence-electron chi connectivity index (χ0n) is 12.1. The number of nitrogens with zero attached hydrogens (tertiary/aromatic N) is 1. The van der Waals surface area contributed by atoms with Gasteiger partial charge in [-0.15, -0.1) is 0 Å². The topological polar surface area (TPSA) is 61.8 Å². The largest absolute Gasteiger partial charge is 0.497 e. The van der Waals surface area contributed by atoms with Gasteiger partial charge in [-0.2, -0.15) is 0 Å². The van der Waals surface area contributed by atoms with Crippen molar-refractivity contribution in [3.8, 4) is 5.75 Å². The molecule has 0 aromatic heterocycles. The third kappa shape index (κ3) is 3.63. The summed E-state index contributed by atoms with van der Waals surface area (Å²) in [5.41, 5.74) is 0.917. The maximum atomic E-state index is 11.2. The fourth-order valence-corrected chi connectivity index (χ4v) is 2.68. The molecule has 1 fully saturated rings. The van der Waals surface area contributed by atoms with Gasteiger partial charge in [-0.25, -0.2) is 4.79 Å². The van der Waals surface area contributed by atoms with Crippen molar-refractivity contribution in [1.29, 1.82) is 0 Å². The van der Waals surface area contributed by atoms with E-state index in [1.54, 1.807) is 25.3 Å². The number of rotatable bonds is 5. The molecule has 5 heteroatoms. The van der Waals surface area contributed by atoms with E-state index in [0.717, 1.165) is 19.6 Å². The maximum absolute atomic E-state index is 11.2. The molecule has 20 heavy (non-hydrogen) atoms. The molecular weight excluding hydrogens is 256 g/mol. The Labute approximate surface area is 119 Å². The van der Waals surface area contributed by atoms with Crippen molar-refractivity contribution in [2.75, 3.05) is 39.1 Å². The smallest absolute Gasteiger partial charge is 0.337 e. The molecule has 0 amide bonds. The predicted molar refractivity (Wildman–Crippen MR) is 78.7 cm³/mol. The molecule has 0 saturated carbocycles. The predicted octanol–water partition coefficient (Wildman–Crippen LogP) is 2.15. The number of nitrogens with one attached hydrogen (secondary N) is 1. The number of ether oxygens (including phenoxy) is 1. The number of likely N-dealkylation sites (tertiary alicyclic amines) is 1. The molecule has 110 valence electrons. The molecule has 2 rings (SSSR count). The fraction of sp³-hybridized carbons (Fsp3) is 0.533. The van der Waals surface area contributed by atoms with Gasteiger partial charge >= 0.3 is 5.97 Å². The van der Waals surface area contributed by atoms with E-state index >= 15 is 0 Å². The van der Waals surface area contributed by atoms with Gasteiger partial charge in [0, 0.05) is 19.2 Å². The highest BCUT2D eigenvalue weighted by Gasteiger charge is 2.18. The van der Waals surface area contributed by atoms with Crippen LogP contribution in [-0.2, 0) is 0 Å². The van der Waals surface area contributed by atoms with Gasteiger partial charge in [-0.3, -0.25) is 0 Å². The highest BCUT2D eigenvalue weighted by atomic mass is 16.5. The SMILES string of the molecule is COc1ccc(C(=O)O)c(NCC2CCCN(C)C2)c1. The molecule has 1 aliphatic rings. The van der Waals surface area contributed by atoms with Crippen molar-refractivity contribution < 1.29 is 14.6 Å². The molecular formula is C15H22N2O3. The molecule has 1 aromatic carbocycles. The van der Waals surface area contributed by atoms with Crippen LogP contribution in [0.3, 0.4) is 0 Å². The molecule has 1 aromatic rings. The Morgan fingerprint density at radius 2 is 2.35 bits per heavy atom. The molecule has 1 saturated heterocycles. The second kappa shape index (κ2) is 6.61. The Morgan fingerprint density at radius 3 is 3.00 bits per heavy atom. The average Bonchev–Trinajstić information content (AvgIpc) is 2.44. The first-order valence-corrected chi connectivity index (χ1v) is 6.94. The van der Waals surface area contributed by atoms with E-state index in [2.05, 4.69) is 17.3 Å². The Bertz CT molecular complexity index is 476. The number of methoxy groups -OCH3 is 1. The molecule has 0 bridgehead atoms. The number of carboxylic acids is 1. The molecule has 2 N–H and O–H groups in total. The number of carboxylic acid groups (broad SMARTS) is 1. The van der Waals surface area contributed by atoms with Crippen LogP contribution in [0.5, 0.6) is 5.75 Å². The van der Waals surface area contributed by atoms with E-state index in [9.17, 15) is 9.90 Å². The van der Waals surface area contributed by atoms with Gasteiger partial charge in [0.05, 0.1) is 18.4 Å². The molecule has 1 atom stereocenters. The Morgan fingerprint density at radius 1 is 1.55 bits per heavy atom. The van der Waals surface area contributed by atoms with Crippen molar-refractivity contribution in [3.63, 3.8) is 0 Å². The van der Waals surface area contributed by atoms with Crippen molar-refractivity contribution >= 4 is 11.7 Å². The summed E-state index contributed by atoms with van der Waals surface area (Å²) in [7, 11) is 3.70. The van der Waals surface area contributed by atoms with Gasteiger partial charge < -0.3 is 20.1 Å². The summed E-state index contributed by atoms with van der Waals surface area (Å²) in [4.78, 5) is 13.6. The Balaban J connectivity index is 2.05. The second-order valence-electron chi connectivity index (χ2n) is 5.37. The molecule has 0 aliphatic carbocycles. The molecule has 1 aliphatic heterocycles. The molecule has 5 nitrogen and oxygen atoms in total. The number of aromatic carboxylic acids is 1. The lowest BCUT2D eigenvalue weighted by Crippen LogP contribution is -2.35. The minimum Gasteiger partial charge on any atom is -0.497 e. The summed E-state index contributed by atoms with van der Waals surface area (Å²) in [6.07, 6.45) is 2.39. The van der Waals surface area contributed by atoms with Crippen LogP contribution in [0.1, 0.15) is 23.2 Å². The first-order chi connectivity index (χ1) is 9.60.